The molecule has 0 fully saturated rings. The van der Waals surface area contributed by atoms with E-state index in [-0.39, 0.29) is 0 Å². The fourth-order valence-corrected chi connectivity index (χ4v) is 3.26. The molecule has 0 unspecified atom stereocenters. The van der Waals surface area contributed by atoms with Crippen molar-refractivity contribution in [2.45, 2.75) is 77.6 Å². The van der Waals surface area contributed by atoms with E-state index in [0.29, 0.717) is 0 Å². The van der Waals surface area contributed by atoms with E-state index in [4.69, 9.17) is 9.47 Å². The second kappa shape index (κ2) is 18.0. The minimum Gasteiger partial charge on any atom is -0.382 e. The van der Waals surface area contributed by atoms with Gasteiger partial charge in [0.2, 0.25) is 0 Å². The Morgan fingerprint density at radius 3 is 2.12 bits per heavy atom. The summed E-state index contributed by atoms with van der Waals surface area (Å²) in [5, 5.41) is 2.08. The van der Waals surface area contributed by atoms with Crippen LogP contribution in [0.4, 0.5) is 0 Å². The second-order valence-electron chi connectivity index (χ2n) is 6.37. The monoisotopic (exact) mass is 364 g/mol. The molecule has 0 aliphatic heterocycles. The first kappa shape index (κ1) is 22.2. The van der Waals surface area contributed by atoms with E-state index in [1.165, 1.54) is 62.7 Å². The van der Waals surface area contributed by atoms with Crippen molar-refractivity contribution in [1.29, 1.82) is 0 Å². The largest absolute Gasteiger partial charge is 0.382 e. The van der Waals surface area contributed by atoms with E-state index in [0.717, 1.165) is 39.3 Å². The highest BCUT2D eigenvalue weighted by Crippen LogP contribution is 2.11. The number of thiophene rings is 1. The van der Waals surface area contributed by atoms with Gasteiger partial charge >= 0.3 is 0 Å². The fourth-order valence-electron chi connectivity index (χ4n) is 2.66. The number of hydrogen-bond acceptors (Lipinski definition) is 3. The average Bonchev–Trinajstić information content (AvgIpc) is 3.14. The summed E-state index contributed by atoms with van der Waals surface area (Å²) < 4.78 is 10.9. The molecule has 142 valence electrons. The number of hydrogen-bond donors (Lipinski definition) is 0. The smallest absolute Gasteiger partial charge is 0.0768 e. The highest BCUT2D eigenvalue weighted by atomic mass is 32.1. The molecule has 0 aliphatic carbocycles. The van der Waals surface area contributed by atoms with Crippen molar-refractivity contribution in [1.82, 2.24) is 0 Å². The lowest BCUT2D eigenvalue weighted by Gasteiger charge is -2.05. The Hall–Kier alpha value is -0.820. The maximum atomic E-state index is 5.61. The molecular formula is C22H36O2S. The zero-order valence-corrected chi connectivity index (χ0v) is 16.9. The summed E-state index contributed by atoms with van der Waals surface area (Å²) in [7, 11) is 0. The van der Waals surface area contributed by atoms with Gasteiger partial charge in [-0.1, -0.05) is 62.9 Å². The van der Waals surface area contributed by atoms with Crippen LogP contribution in [0.2, 0.25) is 0 Å². The van der Waals surface area contributed by atoms with E-state index in [1.807, 2.05) is 6.92 Å². The molecule has 0 aromatic carbocycles. The third-order valence-corrected chi connectivity index (χ3v) is 4.89. The van der Waals surface area contributed by atoms with Crippen LogP contribution in [-0.2, 0) is 9.47 Å². The van der Waals surface area contributed by atoms with Gasteiger partial charge < -0.3 is 9.47 Å². The van der Waals surface area contributed by atoms with Crippen molar-refractivity contribution in [2.24, 2.45) is 0 Å². The van der Waals surface area contributed by atoms with Crippen molar-refractivity contribution in [2.75, 3.05) is 26.4 Å². The average molecular weight is 365 g/mol. The zero-order chi connectivity index (χ0) is 17.8. The summed E-state index contributed by atoms with van der Waals surface area (Å²) in [6.45, 7) is 5.43. The molecule has 1 aromatic rings. The SMILES string of the molecule is CCOCCCOCCCCCCCCCCCC#Cc1cccs1. The quantitative estimate of drug-likeness (QED) is 0.248. The van der Waals surface area contributed by atoms with Gasteiger partial charge in [0.15, 0.2) is 0 Å². The van der Waals surface area contributed by atoms with Crippen molar-refractivity contribution in [3.05, 3.63) is 22.4 Å². The predicted octanol–water partition coefficient (Wildman–Crippen LogP) is 6.44. The Kier molecular flexibility index (Phi) is 16.0. The van der Waals surface area contributed by atoms with E-state index < -0.39 is 0 Å². The van der Waals surface area contributed by atoms with Crippen LogP contribution in [0.3, 0.4) is 0 Å². The third kappa shape index (κ3) is 15.2. The molecule has 1 aromatic heterocycles. The molecular weight excluding hydrogens is 328 g/mol. The molecule has 0 bridgehead atoms. The van der Waals surface area contributed by atoms with Gasteiger partial charge in [0, 0.05) is 32.8 Å². The van der Waals surface area contributed by atoms with Crippen LogP contribution in [0.15, 0.2) is 17.5 Å². The highest BCUT2D eigenvalue weighted by molar-refractivity contribution is 7.10. The van der Waals surface area contributed by atoms with Crippen LogP contribution in [0.1, 0.15) is 82.4 Å². The molecule has 1 rings (SSSR count). The zero-order valence-electron chi connectivity index (χ0n) is 16.1. The first-order chi connectivity index (χ1) is 12.4. The maximum Gasteiger partial charge on any atom is 0.0768 e. The predicted molar refractivity (Wildman–Crippen MR) is 109 cm³/mol. The highest BCUT2D eigenvalue weighted by Gasteiger charge is 1.94. The minimum atomic E-state index is 0.809. The van der Waals surface area contributed by atoms with Crippen LogP contribution in [-0.4, -0.2) is 26.4 Å². The molecule has 0 aliphatic rings. The summed E-state index contributed by atoms with van der Waals surface area (Å²) in [5.74, 6) is 6.51. The van der Waals surface area contributed by atoms with Crippen LogP contribution in [0.5, 0.6) is 0 Å². The van der Waals surface area contributed by atoms with E-state index in [1.54, 1.807) is 11.3 Å². The molecule has 25 heavy (non-hydrogen) atoms. The van der Waals surface area contributed by atoms with Crippen molar-refractivity contribution in [3.8, 4) is 11.8 Å². The lowest BCUT2D eigenvalue weighted by Crippen LogP contribution is -2.01. The summed E-state index contributed by atoms with van der Waals surface area (Å²) in [6.07, 6.45) is 14.0. The molecule has 0 saturated heterocycles. The second-order valence-corrected chi connectivity index (χ2v) is 7.32. The van der Waals surface area contributed by atoms with Gasteiger partial charge in [0.25, 0.3) is 0 Å². The van der Waals surface area contributed by atoms with Crippen molar-refractivity contribution >= 4 is 11.3 Å². The summed E-state index contributed by atoms with van der Waals surface area (Å²) >= 11 is 1.73. The fraction of sp³-hybridized carbons (Fsp3) is 0.727. The van der Waals surface area contributed by atoms with Crippen molar-refractivity contribution < 1.29 is 9.47 Å². The number of unbranched alkanes of at least 4 members (excludes halogenated alkanes) is 9. The Morgan fingerprint density at radius 2 is 1.44 bits per heavy atom. The van der Waals surface area contributed by atoms with Gasteiger partial charge in [0.05, 0.1) is 4.88 Å². The molecule has 0 atom stereocenters. The molecule has 3 heteroatoms. The summed E-state index contributed by atoms with van der Waals surface area (Å²) in [6, 6.07) is 4.15. The van der Waals surface area contributed by atoms with Crippen LogP contribution in [0, 0.1) is 11.8 Å². The Bertz CT molecular complexity index is 431. The molecule has 0 radical (unpaired) electrons. The van der Waals surface area contributed by atoms with E-state index in [2.05, 4.69) is 29.4 Å². The molecule has 2 nitrogen and oxygen atoms in total. The molecule has 0 spiro atoms. The van der Waals surface area contributed by atoms with Crippen LogP contribution >= 0.6 is 11.3 Å². The van der Waals surface area contributed by atoms with E-state index >= 15 is 0 Å². The maximum absolute atomic E-state index is 5.61. The Labute approximate surface area is 159 Å². The molecule has 0 N–H and O–H groups in total. The number of ether oxygens (including phenoxy) is 2. The summed E-state index contributed by atoms with van der Waals surface area (Å²) in [4.78, 5) is 1.19. The van der Waals surface area contributed by atoms with Crippen LogP contribution in [0.25, 0.3) is 0 Å². The summed E-state index contributed by atoms with van der Waals surface area (Å²) in [5.41, 5.74) is 0. The van der Waals surface area contributed by atoms with Gasteiger partial charge in [-0.25, -0.2) is 0 Å². The van der Waals surface area contributed by atoms with Gasteiger partial charge in [0.1, 0.15) is 0 Å². The van der Waals surface area contributed by atoms with Gasteiger partial charge in [-0.2, -0.15) is 0 Å². The van der Waals surface area contributed by atoms with Gasteiger partial charge in [-0.3, -0.25) is 0 Å². The molecule has 0 amide bonds. The third-order valence-electron chi connectivity index (χ3n) is 4.10. The molecule has 1 heterocycles. The lowest BCUT2D eigenvalue weighted by molar-refractivity contribution is 0.0860. The minimum absolute atomic E-state index is 0.809. The normalized spacial score (nSPS) is 10.6. The van der Waals surface area contributed by atoms with Gasteiger partial charge in [-0.15, -0.1) is 11.3 Å². The Balaban J connectivity index is 1.71. The first-order valence-electron chi connectivity index (χ1n) is 10.1. The first-order valence-corrected chi connectivity index (χ1v) is 11.0. The number of rotatable bonds is 16. The van der Waals surface area contributed by atoms with E-state index in [9.17, 15) is 0 Å². The standard InChI is InChI=1S/C22H36O2S/c1-2-23-19-15-20-24-18-13-11-9-7-5-3-4-6-8-10-12-16-22-17-14-21-25-22/h14,17,21H,2-11,13,15,18-20H2,1H3. The van der Waals surface area contributed by atoms with Crippen molar-refractivity contribution in [3.63, 3.8) is 0 Å². The van der Waals surface area contributed by atoms with Crippen LogP contribution < -0.4 is 0 Å². The van der Waals surface area contributed by atoms with Gasteiger partial charge in [-0.05, 0) is 37.6 Å². The lowest BCUT2D eigenvalue weighted by atomic mass is 10.1. The topological polar surface area (TPSA) is 18.5 Å². The Morgan fingerprint density at radius 1 is 0.800 bits per heavy atom. The molecule has 0 saturated carbocycles.